The van der Waals surface area contributed by atoms with Crippen LogP contribution in [0.2, 0.25) is 0 Å². The van der Waals surface area contributed by atoms with Gasteiger partial charge in [-0.2, -0.15) is 5.10 Å². The van der Waals surface area contributed by atoms with Crippen LogP contribution in [-0.2, 0) is 0 Å². The maximum atomic E-state index is 12.6. The maximum Gasteiger partial charge on any atom is 0.272 e. The van der Waals surface area contributed by atoms with Crippen LogP contribution in [0.5, 0.6) is 0 Å². The minimum atomic E-state index is -0.214. The molecule has 1 N–H and O–H groups in total. The van der Waals surface area contributed by atoms with Gasteiger partial charge in [-0.3, -0.25) is 9.78 Å². The maximum absolute atomic E-state index is 12.6. The summed E-state index contributed by atoms with van der Waals surface area (Å²) in [6.45, 7) is 3.91. The van der Waals surface area contributed by atoms with Gasteiger partial charge in [-0.05, 0) is 36.9 Å². The first-order valence-corrected chi connectivity index (χ1v) is 8.34. The van der Waals surface area contributed by atoms with Crippen LogP contribution in [0.25, 0.3) is 10.9 Å². The molecule has 3 aromatic rings. The number of hydrogen-bond acceptors (Lipinski definition) is 4. The highest BCUT2D eigenvalue weighted by atomic mass is 32.1. The van der Waals surface area contributed by atoms with Crippen molar-refractivity contribution in [2.75, 3.05) is 0 Å². The highest BCUT2D eigenvalue weighted by Gasteiger charge is 2.12. The molecular formula is C18H17N3OS. The number of amides is 1. The van der Waals surface area contributed by atoms with Crippen LogP contribution in [0.1, 0.15) is 34.3 Å². The van der Waals surface area contributed by atoms with Crippen LogP contribution in [0.15, 0.2) is 52.9 Å². The van der Waals surface area contributed by atoms with E-state index in [0.29, 0.717) is 5.56 Å². The fraction of sp³-hybridized carbons (Fsp3) is 0.167. The monoisotopic (exact) mass is 323 g/mol. The Morgan fingerprint density at radius 2 is 2.09 bits per heavy atom. The molecule has 23 heavy (non-hydrogen) atoms. The molecule has 0 bridgehead atoms. The van der Waals surface area contributed by atoms with Crippen molar-refractivity contribution in [3.05, 3.63) is 64.0 Å². The lowest BCUT2D eigenvalue weighted by Gasteiger charge is -2.07. The quantitative estimate of drug-likeness (QED) is 0.579. The number of benzene rings is 1. The van der Waals surface area contributed by atoms with Crippen LogP contribution in [0, 0.1) is 6.92 Å². The van der Waals surface area contributed by atoms with E-state index in [1.165, 1.54) is 0 Å². The van der Waals surface area contributed by atoms with Gasteiger partial charge in [0.15, 0.2) is 0 Å². The minimum absolute atomic E-state index is 0.214. The lowest BCUT2D eigenvalue weighted by atomic mass is 10.1. The average Bonchev–Trinajstić information content (AvgIpc) is 3.08. The summed E-state index contributed by atoms with van der Waals surface area (Å²) in [5.41, 5.74) is 5.79. The third kappa shape index (κ3) is 3.29. The molecule has 0 aliphatic heterocycles. The molecule has 0 unspecified atom stereocenters. The molecule has 0 fully saturated rings. The minimum Gasteiger partial charge on any atom is -0.267 e. The Kier molecular flexibility index (Phi) is 4.48. The van der Waals surface area contributed by atoms with Crippen LogP contribution >= 0.6 is 11.3 Å². The molecule has 1 aromatic carbocycles. The van der Waals surface area contributed by atoms with E-state index in [1.807, 2.05) is 55.6 Å². The summed E-state index contributed by atoms with van der Waals surface area (Å²) in [7, 11) is 0. The Morgan fingerprint density at radius 1 is 1.26 bits per heavy atom. The van der Waals surface area contributed by atoms with Crippen molar-refractivity contribution < 1.29 is 4.79 Å². The second-order valence-electron chi connectivity index (χ2n) is 5.16. The van der Waals surface area contributed by atoms with E-state index in [0.717, 1.165) is 33.6 Å². The number of thiophene rings is 1. The number of hydrogen-bond donors (Lipinski definition) is 1. The van der Waals surface area contributed by atoms with Crippen molar-refractivity contribution in [3.8, 4) is 0 Å². The molecule has 0 aliphatic rings. The van der Waals surface area contributed by atoms with Crippen molar-refractivity contribution >= 4 is 33.9 Å². The fourth-order valence-corrected chi connectivity index (χ4v) is 3.21. The first-order valence-electron chi connectivity index (χ1n) is 7.46. The number of para-hydroxylation sites is 1. The molecule has 0 atom stereocenters. The summed E-state index contributed by atoms with van der Waals surface area (Å²) in [4.78, 5) is 18.1. The second kappa shape index (κ2) is 6.71. The molecular weight excluding hydrogens is 306 g/mol. The predicted octanol–water partition coefficient (Wildman–Crippen LogP) is 4.15. The molecule has 0 aliphatic carbocycles. The summed E-state index contributed by atoms with van der Waals surface area (Å²) in [5, 5.41) is 7.14. The first kappa shape index (κ1) is 15.4. The predicted molar refractivity (Wildman–Crippen MR) is 95.1 cm³/mol. The lowest BCUT2D eigenvalue weighted by molar-refractivity contribution is 0.0956. The van der Waals surface area contributed by atoms with Gasteiger partial charge in [0, 0.05) is 11.1 Å². The molecule has 4 nitrogen and oxygen atoms in total. The van der Waals surface area contributed by atoms with Crippen molar-refractivity contribution in [1.29, 1.82) is 0 Å². The highest BCUT2D eigenvalue weighted by Crippen LogP contribution is 2.18. The molecule has 3 rings (SSSR count). The lowest BCUT2D eigenvalue weighted by Crippen LogP contribution is -2.20. The van der Waals surface area contributed by atoms with Crippen LogP contribution < -0.4 is 5.43 Å². The highest BCUT2D eigenvalue weighted by molar-refractivity contribution is 7.12. The molecule has 5 heteroatoms. The second-order valence-corrected chi connectivity index (χ2v) is 6.11. The van der Waals surface area contributed by atoms with Crippen molar-refractivity contribution in [2.24, 2.45) is 5.10 Å². The van der Waals surface area contributed by atoms with Crippen LogP contribution in [-0.4, -0.2) is 16.6 Å². The van der Waals surface area contributed by atoms with Crippen LogP contribution in [0.4, 0.5) is 0 Å². The normalized spacial score (nSPS) is 11.7. The number of carbonyl (C=O) groups excluding carboxylic acids is 1. The fourth-order valence-electron chi connectivity index (χ4n) is 2.43. The van der Waals surface area contributed by atoms with Gasteiger partial charge in [-0.25, -0.2) is 5.43 Å². The number of fused-ring (bicyclic) bond motifs is 1. The molecule has 0 saturated heterocycles. The van der Waals surface area contributed by atoms with Crippen molar-refractivity contribution in [1.82, 2.24) is 10.4 Å². The van der Waals surface area contributed by atoms with Gasteiger partial charge in [0.25, 0.3) is 5.91 Å². The molecule has 116 valence electrons. The molecule has 0 saturated carbocycles. The number of pyridine rings is 1. The van der Waals surface area contributed by atoms with Gasteiger partial charge < -0.3 is 0 Å². The number of carbonyl (C=O) groups is 1. The summed E-state index contributed by atoms with van der Waals surface area (Å²) < 4.78 is 0. The Morgan fingerprint density at radius 3 is 2.83 bits per heavy atom. The molecule has 2 aromatic heterocycles. The van der Waals surface area contributed by atoms with Crippen molar-refractivity contribution in [2.45, 2.75) is 20.3 Å². The summed E-state index contributed by atoms with van der Waals surface area (Å²) in [6.07, 6.45) is 0.761. The average molecular weight is 323 g/mol. The van der Waals surface area contributed by atoms with E-state index in [1.54, 1.807) is 17.4 Å². The molecule has 0 radical (unpaired) electrons. The topological polar surface area (TPSA) is 54.4 Å². The zero-order valence-corrected chi connectivity index (χ0v) is 13.9. The van der Waals surface area contributed by atoms with E-state index in [9.17, 15) is 4.79 Å². The van der Waals surface area contributed by atoms with Crippen molar-refractivity contribution in [3.63, 3.8) is 0 Å². The third-order valence-electron chi connectivity index (χ3n) is 3.52. The Hall–Kier alpha value is -2.53. The number of nitrogens with one attached hydrogen (secondary N) is 1. The third-order valence-corrected chi connectivity index (χ3v) is 4.44. The van der Waals surface area contributed by atoms with E-state index < -0.39 is 0 Å². The first-order chi connectivity index (χ1) is 11.2. The van der Waals surface area contributed by atoms with E-state index >= 15 is 0 Å². The van der Waals surface area contributed by atoms with Crippen LogP contribution in [0.3, 0.4) is 0 Å². The number of hydrazone groups is 1. The number of aromatic nitrogens is 1. The smallest absolute Gasteiger partial charge is 0.267 e. The van der Waals surface area contributed by atoms with Gasteiger partial charge in [0.05, 0.1) is 21.7 Å². The number of rotatable bonds is 4. The largest absolute Gasteiger partial charge is 0.272 e. The van der Waals surface area contributed by atoms with E-state index in [-0.39, 0.29) is 5.91 Å². The number of aryl methyl sites for hydroxylation is 1. The Bertz CT molecular complexity index is 869. The van der Waals surface area contributed by atoms with Gasteiger partial charge >= 0.3 is 0 Å². The standard InChI is InChI=1S/C18H17N3OS/c1-3-15(17-9-6-10-23-17)20-21-18(22)14-11-12(2)19-16-8-5-4-7-13(14)16/h4-11H,3H2,1-2H3,(H,21,22)/b20-15+. The SMILES string of the molecule is CC/C(=N\NC(=O)c1cc(C)nc2ccccc12)c1cccs1. The summed E-state index contributed by atoms with van der Waals surface area (Å²) in [6, 6.07) is 13.4. The van der Waals surface area contributed by atoms with E-state index in [2.05, 4.69) is 15.5 Å². The number of nitrogens with zero attached hydrogens (tertiary/aromatic N) is 2. The van der Waals surface area contributed by atoms with E-state index in [4.69, 9.17) is 0 Å². The summed E-state index contributed by atoms with van der Waals surface area (Å²) >= 11 is 1.62. The van der Waals surface area contributed by atoms with Gasteiger partial charge in [0.2, 0.25) is 0 Å². The summed E-state index contributed by atoms with van der Waals surface area (Å²) in [5.74, 6) is -0.214. The van der Waals surface area contributed by atoms with Gasteiger partial charge in [0.1, 0.15) is 0 Å². The molecule has 2 heterocycles. The zero-order chi connectivity index (χ0) is 16.2. The Labute approximate surface area is 138 Å². The molecule has 0 spiro atoms. The zero-order valence-electron chi connectivity index (χ0n) is 13.0. The molecule has 1 amide bonds. The van der Waals surface area contributed by atoms with Gasteiger partial charge in [-0.15, -0.1) is 11.3 Å². The Balaban J connectivity index is 1.92. The van der Waals surface area contributed by atoms with Gasteiger partial charge in [-0.1, -0.05) is 31.2 Å².